The first-order chi connectivity index (χ1) is 12.5. The Bertz CT molecular complexity index is 967. The van der Waals surface area contributed by atoms with Gasteiger partial charge in [0.05, 0.1) is 10.6 Å². The van der Waals surface area contributed by atoms with E-state index in [0.29, 0.717) is 27.7 Å². The van der Waals surface area contributed by atoms with Crippen LogP contribution in [0.2, 0.25) is 5.02 Å². The first kappa shape index (κ1) is 17.7. The van der Waals surface area contributed by atoms with Crippen LogP contribution in [0.4, 0.5) is 5.69 Å². The third-order valence-electron chi connectivity index (χ3n) is 3.83. The molecule has 0 spiro atoms. The number of hydrogen-bond acceptors (Lipinski definition) is 4. The number of carbonyl (C=O) groups excluding carboxylic acids is 2. The SMILES string of the molecule is CNC(=O)c1cc(NC(=O)c2c(-c3ccccc3)noc2C)ccc1Cl. The minimum Gasteiger partial charge on any atom is -0.360 e. The van der Waals surface area contributed by atoms with Crippen LogP contribution in [0.1, 0.15) is 26.5 Å². The van der Waals surface area contributed by atoms with E-state index in [1.807, 2.05) is 30.3 Å². The Balaban J connectivity index is 1.93. The Morgan fingerprint density at radius 3 is 2.50 bits per heavy atom. The van der Waals surface area contributed by atoms with Gasteiger partial charge in [-0.2, -0.15) is 0 Å². The molecule has 0 saturated carbocycles. The number of hydrogen-bond donors (Lipinski definition) is 2. The van der Waals surface area contributed by atoms with Crippen LogP contribution in [-0.4, -0.2) is 24.0 Å². The second kappa shape index (κ2) is 7.41. The van der Waals surface area contributed by atoms with E-state index < -0.39 is 0 Å². The number of amides is 2. The molecule has 0 unspecified atom stereocenters. The molecule has 0 radical (unpaired) electrons. The Morgan fingerprint density at radius 1 is 1.08 bits per heavy atom. The highest BCUT2D eigenvalue weighted by molar-refractivity contribution is 6.34. The average Bonchev–Trinajstić information content (AvgIpc) is 3.05. The Labute approximate surface area is 155 Å². The van der Waals surface area contributed by atoms with E-state index >= 15 is 0 Å². The van der Waals surface area contributed by atoms with Crippen molar-refractivity contribution in [1.82, 2.24) is 10.5 Å². The summed E-state index contributed by atoms with van der Waals surface area (Å²) in [6, 6.07) is 14.0. The number of nitrogens with zero attached hydrogens (tertiary/aromatic N) is 1. The number of aromatic nitrogens is 1. The fourth-order valence-corrected chi connectivity index (χ4v) is 2.74. The summed E-state index contributed by atoms with van der Waals surface area (Å²) in [6.45, 7) is 1.67. The maximum atomic E-state index is 12.8. The van der Waals surface area contributed by atoms with E-state index in [0.717, 1.165) is 5.56 Å². The summed E-state index contributed by atoms with van der Waals surface area (Å²) < 4.78 is 5.21. The van der Waals surface area contributed by atoms with Gasteiger partial charge in [-0.05, 0) is 25.1 Å². The molecule has 7 heteroatoms. The lowest BCUT2D eigenvalue weighted by atomic mass is 10.1. The lowest BCUT2D eigenvalue weighted by molar-refractivity contribution is 0.0961. The van der Waals surface area contributed by atoms with Gasteiger partial charge in [0.25, 0.3) is 11.8 Å². The number of aryl methyl sites for hydroxylation is 1. The van der Waals surface area contributed by atoms with Crippen LogP contribution in [0.5, 0.6) is 0 Å². The first-order valence-corrected chi connectivity index (χ1v) is 8.23. The van der Waals surface area contributed by atoms with Crippen molar-refractivity contribution in [3.63, 3.8) is 0 Å². The molecule has 0 aliphatic carbocycles. The molecule has 26 heavy (non-hydrogen) atoms. The largest absolute Gasteiger partial charge is 0.360 e. The number of benzene rings is 2. The summed E-state index contributed by atoms with van der Waals surface area (Å²) in [5.41, 5.74) is 2.29. The molecule has 0 fully saturated rings. The fraction of sp³-hybridized carbons (Fsp3) is 0.105. The topological polar surface area (TPSA) is 84.2 Å². The Morgan fingerprint density at radius 2 is 1.81 bits per heavy atom. The Hall–Kier alpha value is -3.12. The van der Waals surface area contributed by atoms with E-state index in [1.54, 1.807) is 19.1 Å². The predicted octanol–water partition coefficient (Wildman–Crippen LogP) is 3.92. The zero-order valence-corrected chi connectivity index (χ0v) is 14.9. The van der Waals surface area contributed by atoms with Gasteiger partial charge in [-0.25, -0.2) is 0 Å². The third kappa shape index (κ3) is 3.45. The molecule has 0 saturated heterocycles. The molecule has 1 heterocycles. The van der Waals surface area contributed by atoms with E-state index in [4.69, 9.17) is 16.1 Å². The minimum absolute atomic E-state index is 0.275. The van der Waals surface area contributed by atoms with Crippen molar-refractivity contribution in [2.24, 2.45) is 0 Å². The lowest BCUT2D eigenvalue weighted by Gasteiger charge is -2.09. The average molecular weight is 370 g/mol. The summed E-state index contributed by atoms with van der Waals surface area (Å²) in [7, 11) is 1.51. The van der Waals surface area contributed by atoms with Crippen molar-refractivity contribution in [3.05, 3.63) is 70.4 Å². The van der Waals surface area contributed by atoms with Crippen LogP contribution in [0.3, 0.4) is 0 Å². The summed E-state index contributed by atoms with van der Waals surface area (Å²) in [5.74, 6) is -0.313. The smallest absolute Gasteiger partial charge is 0.261 e. The molecule has 2 aromatic carbocycles. The van der Waals surface area contributed by atoms with Crippen molar-refractivity contribution in [3.8, 4) is 11.3 Å². The van der Waals surface area contributed by atoms with E-state index in [9.17, 15) is 9.59 Å². The van der Waals surface area contributed by atoms with Crippen molar-refractivity contribution in [2.45, 2.75) is 6.92 Å². The maximum absolute atomic E-state index is 12.8. The van der Waals surface area contributed by atoms with Crippen molar-refractivity contribution < 1.29 is 14.1 Å². The fourth-order valence-electron chi connectivity index (χ4n) is 2.54. The van der Waals surface area contributed by atoms with E-state index in [2.05, 4.69) is 15.8 Å². The first-order valence-electron chi connectivity index (χ1n) is 7.86. The highest BCUT2D eigenvalue weighted by Gasteiger charge is 2.22. The quantitative estimate of drug-likeness (QED) is 0.730. The van der Waals surface area contributed by atoms with Crippen LogP contribution in [0.25, 0.3) is 11.3 Å². The number of nitrogens with one attached hydrogen (secondary N) is 2. The van der Waals surface area contributed by atoms with Crippen LogP contribution in [-0.2, 0) is 0 Å². The zero-order chi connectivity index (χ0) is 18.7. The van der Waals surface area contributed by atoms with Crippen LogP contribution < -0.4 is 10.6 Å². The van der Waals surface area contributed by atoms with Gasteiger partial charge < -0.3 is 15.2 Å². The van der Waals surface area contributed by atoms with Crippen molar-refractivity contribution >= 4 is 29.1 Å². The normalized spacial score (nSPS) is 10.4. The second-order valence-corrected chi connectivity index (χ2v) is 5.96. The summed E-state index contributed by atoms with van der Waals surface area (Å²) in [6.07, 6.45) is 0. The van der Waals surface area contributed by atoms with Gasteiger partial charge in [-0.15, -0.1) is 0 Å². The van der Waals surface area contributed by atoms with E-state index in [-0.39, 0.29) is 17.4 Å². The van der Waals surface area contributed by atoms with Gasteiger partial charge in [-0.3, -0.25) is 9.59 Å². The van der Waals surface area contributed by atoms with Crippen LogP contribution in [0, 0.1) is 6.92 Å². The molecule has 2 amide bonds. The summed E-state index contributed by atoms with van der Waals surface area (Å²) >= 11 is 6.04. The van der Waals surface area contributed by atoms with Gasteiger partial charge in [0, 0.05) is 18.3 Å². The van der Waals surface area contributed by atoms with Crippen LogP contribution in [0.15, 0.2) is 53.1 Å². The van der Waals surface area contributed by atoms with Crippen molar-refractivity contribution in [1.29, 1.82) is 0 Å². The molecule has 6 nitrogen and oxygen atoms in total. The molecule has 0 bridgehead atoms. The van der Waals surface area contributed by atoms with Crippen molar-refractivity contribution in [2.75, 3.05) is 12.4 Å². The third-order valence-corrected chi connectivity index (χ3v) is 4.16. The Kier molecular flexibility index (Phi) is 5.04. The van der Waals surface area contributed by atoms with Gasteiger partial charge in [0.1, 0.15) is 17.0 Å². The molecule has 3 rings (SSSR count). The van der Waals surface area contributed by atoms with Gasteiger partial charge in [0.2, 0.25) is 0 Å². The molecular weight excluding hydrogens is 354 g/mol. The minimum atomic E-state index is -0.382. The highest BCUT2D eigenvalue weighted by atomic mass is 35.5. The molecule has 0 atom stereocenters. The monoisotopic (exact) mass is 369 g/mol. The zero-order valence-electron chi connectivity index (χ0n) is 14.2. The van der Waals surface area contributed by atoms with E-state index in [1.165, 1.54) is 13.1 Å². The molecule has 0 aliphatic rings. The highest BCUT2D eigenvalue weighted by Crippen LogP contribution is 2.27. The second-order valence-electron chi connectivity index (χ2n) is 5.56. The van der Waals surface area contributed by atoms with Crippen LogP contribution >= 0.6 is 11.6 Å². The number of anilines is 1. The van der Waals surface area contributed by atoms with Gasteiger partial charge in [0.15, 0.2) is 0 Å². The molecule has 0 aliphatic heterocycles. The lowest BCUT2D eigenvalue weighted by Crippen LogP contribution is -2.19. The number of halogens is 1. The summed E-state index contributed by atoms with van der Waals surface area (Å²) in [5, 5.41) is 9.57. The molecular formula is C19H16ClN3O3. The van der Waals surface area contributed by atoms with Gasteiger partial charge in [-0.1, -0.05) is 47.1 Å². The molecule has 1 aromatic heterocycles. The predicted molar refractivity (Wildman–Crippen MR) is 99.5 cm³/mol. The van der Waals surface area contributed by atoms with Gasteiger partial charge >= 0.3 is 0 Å². The number of rotatable bonds is 4. The molecule has 132 valence electrons. The number of carbonyl (C=O) groups is 2. The molecule has 3 aromatic rings. The maximum Gasteiger partial charge on any atom is 0.261 e. The standard InChI is InChI=1S/C19H16ClN3O3/c1-11-16(17(23-26-11)12-6-4-3-5-7-12)19(25)22-13-8-9-15(20)14(10-13)18(24)21-2/h3-10H,1-2H3,(H,21,24)(H,22,25). The summed E-state index contributed by atoms with van der Waals surface area (Å²) in [4.78, 5) is 24.6. The molecule has 2 N–H and O–H groups in total.